The molecule has 0 saturated carbocycles. The Balaban J connectivity index is 1.79. The minimum Gasteiger partial charge on any atom is -0.342 e. The first kappa shape index (κ1) is 14.4. The topological polar surface area (TPSA) is 49.0 Å². The lowest BCUT2D eigenvalue weighted by atomic mass is 9.97. The number of H-pyrrole nitrogens is 1. The third-order valence-corrected chi connectivity index (χ3v) is 4.62. The number of carbonyl (C=O) groups is 1. The van der Waals surface area contributed by atoms with Crippen LogP contribution >= 0.6 is 11.8 Å². The molecule has 1 amide bonds. The molecule has 1 atom stereocenters. The van der Waals surface area contributed by atoms with Crippen molar-refractivity contribution in [2.24, 2.45) is 0 Å². The van der Waals surface area contributed by atoms with Crippen molar-refractivity contribution in [1.29, 1.82) is 0 Å². The lowest BCUT2D eigenvalue weighted by Gasteiger charge is -2.31. The van der Waals surface area contributed by atoms with Crippen LogP contribution in [-0.4, -0.2) is 45.9 Å². The monoisotopic (exact) mass is 303 g/mol. The summed E-state index contributed by atoms with van der Waals surface area (Å²) in [5, 5.41) is 0. The lowest BCUT2D eigenvalue weighted by Crippen LogP contribution is -2.40. The van der Waals surface area contributed by atoms with Crippen LogP contribution in [0.2, 0.25) is 0 Å². The zero-order valence-electron chi connectivity index (χ0n) is 12.6. The van der Waals surface area contributed by atoms with Gasteiger partial charge in [-0.15, -0.1) is 0 Å². The van der Waals surface area contributed by atoms with Gasteiger partial charge in [-0.1, -0.05) is 6.07 Å². The van der Waals surface area contributed by atoms with E-state index < -0.39 is 0 Å². The number of aryl methyl sites for hydroxylation is 1. The highest BCUT2D eigenvalue weighted by Crippen LogP contribution is 2.27. The Morgan fingerprint density at radius 2 is 2.38 bits per heavy atom. The average Bonchev–Trinajstić information content (AvgIpc) is 2.90. The molecule has 0 unspecified atom stereocenters. The molecule has 0 spiro atoms. The Morgan fingerprint density at radius 3 is 3.19 bits per heavy atom. The number of fused-ring (bicyclic) bond motifs is 1. The van der Waals surface area contributed by atoms with Crippen molar-refractivity contribution in [1.82, 2.24) is 14.9 Å². The molecule has 2 aromatic rings. The lowest BCUT2D eigenvalue weighted by molar-refractivity contribution is -0.129. The highest BCUT2D eigenvalue weighted by Gasteiger charge is 2.26. The fourth-order valence-electron chi connectivity index (χ4n) is 2.98. The van der Waals surface area contributed by atoms with Crippen molar-refractivity contribution < 1.29 is 4.79 Å². The van der Waals surface area contributed by atoms with Crippen molar-refractivity contribution in [3.8, 4) is 0 Å². The second-order valence-electron chi connectivity index (χ2n) is 5.75. The summed E-state index contributed by atoms with van der Waals surface area (Å²) >= 11 is 1.59. The van der Waals surface area contributed by atoms with Gasteiger partial charge in [0.05, 0.1) is 16.8 Å². The minimum absolute atomic E-state index is 0.249. The second kappa shape index (κ2) is 6.10. The van der Waals surface area contributed by atoms with E-state index in [0.717, 1.165) is 42.8 Å². The zero-order chi connectivity index (χ0) is 14.8. The SMILES string of the molecule is CSCC(=O)N1CCC[C@@H](c2nc3ccc(C)cc3[nH]2)C1. The van der Waals surface area contributed by atoms with E-state index in [0.29, 0.717) is 11.7 Å². The highest BCUT2D eigenvalue weighted by molar-refractivity contribution is 7.99. The summed E-state index contributed by atoms with van der Waals surface area (Å²) < 4.78 is 0. The van der Waals surface area contributed by atoms with Crippen LogP contribution < -0.4 is 0 Å². The molecule has 5 heteroatoms. The maximum absolute atomic E-state index is 12.1. The van der Waals surface area contributed by atoms with Crippen LogP contribution in [-0.2, 0) is 4.79 Å². The normalized spacial score (nSPS) is 19.1. The van der Waals surface area contributed by atoms with Crippen molar-refractivity contribution >= 4 is 28.7 Å². The number of benzene rings is 1. The predicted octanol–water partition coefficient (Wildman–Crippen LogP) is 2.94. The van der Waals surface area contributed by atoms with Gasteiger partial charge in [-0.25, -0.2) is 4.98 Å². The van der Waals surface area contributed by atoms with Gasteiger partial charge in [0, 0.05) is 19.0 Å². The maximum atomic E-state index is 12.1. The summed E-state index contributed by atoms with van der Waals surface area (Å²) in [5.41, 5.74) is 3.35. The van der Waals surface area contributed by atoms with Gasteiger partial charge in [-0.05, 0) is 43.7 Å². The third kappa shape index (κ3) is 3.07. The number of hydrogen-bond acceptors (Lipinski definition) is 3. The highest BCUT2D eigenvalue weighted by atomic mass is 32.2. The molecule has 1 N–H and O–H groups in total. The van der Waals surface area contributed by atoms with E-state index in [9.17, 15) is 4.79 Å². The number of likely N-dealkylation sites (tertiary alicyclic amines) is 1. The van der Waals surface area contributed by atoms with Gasteiger partial charge in [0.2, 0.25) is 5.91 Å². The Morgan fingerprint density at radius 1 is 1.52 bits per heavy atom. The zero-order valence-corrected chi connectivity index (χ0v) is 13.4. The first-order valence-electron chi connectivity index (χ1n) is 7.40. The number of carbonyl (C=O) groups excluding carboxylic acids is 1. The van der Waals surface area contributed by atoms with Gasteiger partial charge in [0.1, 0.15) is 5.82 Å². The van der Waals surface area contributed by atoms with Crippen LogP contribution in [0.15, 0.2) is 18.2 Å². The van der Waals surface area contributed by atoms with Crippen LogP contribution in [0.3, 0.4) is 0 Å². The number of thioether (sulfide) groups is 1. The number of nitrogens with one attached hydrogen (secondary N) is 1. The Hall–Kier alpha value is -1.49. The average molecular weight is 303 g/mol. The van der Waals surface area contributed by atoms with Crippen LogP contribution in [0, 0.1) is 6.92 Å². The second-order valence-corrected chi connectivity index (χ2v) is 6.62. The number of amides is 1. The molecule has 3 rings (SSSR count). The fourth-order valence-corrected chi connectivity index (χ4v) is 3.41. The molecule has 2 heterocycles. The van der Waals surface area contributed by atoms with Gasteiger partial charge in [-0.3, -0.25) is 4.79 Å². The predicted molar refractivity (Wildman–Crippen MR) is 87.8 cm³/mol. The number of piperidine rings is 1. The summed E-state index contributed by atoms with van der Waals surface area (Å²) in [5.74, 6) is 2.18. The van der Waals surface area contributed by atoms with Gasteiger partial charge in [-0.2, -0.15) is 11.8 Å². The molecule has 21 heavy (non-hydrogen) atoms. The number of imidazole rings is 1. The molecule has 0 bridgehead atoms. The van der Waals surface area contributed by atoms with E-state index in [1.54, 1.807) is 11.8 Å². The third-order valence-electron chi connectivity index (χ3n) is 4.08. The smallest absolute Gasteiger partial charge is 0.232 e. The van der Waals surface area contributed by atoms with Gasteiger partial charge in [0.15, 0.2) is 0 Å². The molecule has 0 aliphatic carbocycles. The van der Waals surface area contributed by atoms with Gasteiger partial charge < -0.3 is 9.88 Å². The van der Waals surface area contributed by atoms with Crippen LogP contribution in [0.1, 0.15) is 30.1 Å². The number of nitrogens with zero attached hydrogens (tertiary/aromatic N) is 2. The molecule has 1 aliphatic rings. The summed E-state index contributed by atoms with van der Waals surface area (Å²) in [7, 11) is 0. The number of rotatable bonds is 3. The maximum Gasteiger partial charge on any atom is 0.232 e. The molecule has 4 nitrogen and oxygen atoms in total. The van der Waals surface area contributed by atoms with Crippen molar-refractivity contribution in [2.45, 2.75) is 25.7 Å². The molecular formula is C16H21N3OS. The van der Waals surface area contributed by atoms with Gasteiger partial charge >= 0.3 is 0 Å². The molecule has 1 aromatic heterocycles. The first-order valence-corrected chi connectivity index (χ1v) is 8.79. The minimum atomic E-state index is 0.249. The summed E-state index contributed by atoms with van der Waals surface area (Å²) in [4.78, 5) is 22.2. The van der Waals surface area contributed by atoms with Crippen LogP contribution in [0.4, 0.5) is 0 Å². The van der Waals surface area contributed by atoms with Crippen LogP contribution in [0.25, 0.3) is 11.0 Å². The van der Waals surface area contributed by atoms with E-state index in [-0.39, 0.29) is 5.91 Å². The van der Waals surface area contributed by atoms with E-state index in [2.05, 4.69) is 30.1 Å². The Kier molecular flexibility index (Phi) is 4.19. The molecule has 112 valence electrons. The molecule has 1 saturated heterocycles. The quantitative estimate of drug-likeness (QED) is 0.948. The summed E-state index contributed by atoms with van der Waals surface area (Å²) in [6.45, 7) is 3.76. The van der Waals surface area contributed by atoms with Crippen molar-refractivity contribution in [3.63, 3.8) is 0 Å². The number of aromatic nitrogens is 2. The Bertz CT molecular complexity index is 652. The van der Waals surface area contributed by atoms with E-state index in [1.807, 2.05) is 11.2 Å². The molecule has 1 fully saturated rings. The summed E-state index contributed by atoms with van der Waals surface area (Å²) in [6.07, 6.45) is 4.13. The van der Waals surface area contributed by atoms with Gasteiger partial charge in [0.25, 0.3) is 0 Å². The Labute approximate surface area is 129 Å². The summed E-state index contributed by atoms with van der Waals surface area (Å²) in [6, 6.07) is 6.28. The number of aromatic amines is 1. The standard InChI is InChI=1S/C16H21N3OS/c1-11-5-6-13-14(8-11)18-16(17-13)12-4-3-7-19(9-12)15(20)10-21-2/h5-6,8,12H,3-4,7,9-10H2,1-2H3,(H,17,18)/t12-/m1/s1. The molecule has 0 radical (unpaired) electrons. The van der Waals surface area contributed by atoms with E-state index in [4.69, 9.17) is 4.98 Å². The van der Waals surface area contributed by atoms with Crippen molar-refractivity contribution in [3.05, 3.63) is 29.6 Å². The molecule has 1 aliphatic heterocycles. The first-order chi connectivity index (χ1) is 10.2. The largest absolute Gasteiger partial charge is 0.342 e. The fraction of sp³-hybridized carbons (Fsp3) is 0.500. The molecule has 1 aromatic carbocycles. The number of hydrogen-bond donors (Lipinski definition) is 1. The van der Waals surface area contributed by atoms with Crippen LogP contribution in [0.5, 0.6) is 0 Å². The van der Waals surface area contributed by atoms with E-state index in [1.165, 1.54) is 5.56 Å². The van der Waals surface area contributed by atoms with E-state index >= 15 is 0 Å². The van der Waals surface area contributed by atoms with Crippen molar-refractivity contribution in [2.75, 3.05) is 25.1 Å². The molecular weight excluding hydrogens is 282 g/mol.